The summed E-state index contributed by atoms with van der Waals surface area (Å²) in [4.78, 5) is 20.0. The number of amides is 1. The number of nitrogens with one attached hydrogen (secondary N) is 2. The van der Waals surface area contributed by atoms with Gasteiger partial charge in [-0.2, -0.15) is 0 Å². The van der Waals surface area contributed by atoms with Crippen LogP contribution < -0.4 is 10.6 Å². The molecule has 0 aliphatic rings. The van der Waals surface area contributed by atoms with E-state index in [1.807, 2.05) is 37.3 Å². The molecule has 1 heterocycles. The summed E-state index contributed by atoms with van der Waals surface area (Å²) in [5.74, 6) is 1.60. The van der Waals surface area contributed by atoms with Crippen molar-refractivity contribution in [2.45, 2.75) is 40.0 Å². The van der Waals surface area contributed by atoms with Gasteiger partial charge in [0.05, 0.1) is 0 Å². The summed E-state index contributed by atoms with van der Waals surface area (Å²) in [6.45, 7) is 5.63. The van der Waals surface area contributed by atoms with E-state index >= 15 is 0 Å². The Hall–Kier alpha value is -2.43. The van der Waals surface area contributed by atoms with Gasteiger partial charge in [-0.05, 0) is 37.6 Å². The number of aryl methyl sites for hydroxylation is 2. The third kappa shape index (κ3) is 4.84. The zero-order valence-electron chi connectivity index (χ0n) is 13.3. The highest BCUT2D eigenvalue weighted by molar-refractivity contribution is 5.88. The number of unbranched alkanes of at least 4 members (excludes halogenated alkanes) is 1. The van der Waals surface area contributed by atoms with E-state index in [-0.39, 0.29) is 8.76 Å². The molecule has 0 aliphatic heterocycles. The van der Waals surface area contributed by atoms with E-state index in [1.165, 1.54) is 6.92 Å². The third-order valence-electron chi connectivity index (χ3n) is 3.13. The van der Waals surface area contributed by atoms with Crippen molar-refractivity contribution in [3.8, 4) is 0 Å². The first-order valence-corrected chi connectivity index (χ1v) is 7.56. The van der Waals surface area contributed by atoms with E-state index < -0.39 is 0 Å². The lowest BCUT2D eigenvalue weighted by Crippen LogP contribution is -2.05. The second-order valence-corrected chi connectivity index (χ2v) is 5.30. The molecule has 0 aliphatic carbocycles. The minimum absolute atomic E-state index is 0. The molecule has 0 saturated carbocycles. The Morgan fingerprint density at radius 1 is 1.18 bits per heavy atom. The molecule has 2 aromatic rings. The van der Waals surface area contributed by atoms with E-state index in [1.54, 1.807) is 0 Å². The SMILES string of the molecule is CCCCc1nc(C)cc(Nc2ccc(NC(C)=O)cc2)n1.[HH].[HH]. The number of hydrogen-bond donors (Lipinski definition) is 2. The Morgan fingerprint density at radius 2 is 1.86 bits per heavy atom. The molecule has 120 valence electrons. The first-order valence-electron chi connectivity index (χ1n) is 7.56. The molecule has 0 fully saturated rings. The van der Waals surface area contributed by atoms with Crippen LogP contribution in [-0.2, 0) is 11.2 Å². The van der Waals surface area contributed by atoms with E-state index in [2.05, 4.69) is 27.5 Å². The minimum atomic E-state index is -0.0762. The van der Waals surface area contributed by atoms with Gasteiger partial charge >= 0.3 is 0 Å². The average Bonchev–Trinajstić information content (AvgIpc) is 2.46. The molecule has 0 atom stereocenters. The number of carbonyl (C=O) groups is 1. The van der Waals surface area contributed by atoms with Crippen LogP contribution in [0.3, 0.4) is 0 Å². The van der Waals surface area contributed by atoms with Crippen molar-refractivity contribution in [2.75, 3.05) is 10.6 Å². The Balaban J connectivity index is 0.00000264. The van der Waals surface area contributed by atoms with E-state index in [4.69, 9.17) is 0 Å². The summed E-state index contributed by atoms with van der Waals surface area (Å²) >= 11 is 0. The summed E-state index contributed by atoms with van der Waals surface area (Å²) in [5.41, 5.74) is 2.66. The average molecular weight is 302 g/mol. The van der Waals surface area contributed by atoms with E-state index in [0.29, 0.717) is 0 Å². The van der Waals surface area contributed by atoms with Crippen LogP contribution in [0.15, 0.2) is 30.3 Å². The van der Waals surface area contributed by atoms with Crippen LogP contribution in [0.5, 0.6) is 0 Å². The summed E-state index contributed by atoms with van der Waals surface area (Å²) in [7, 11) is 0. The number of anilines is 3. The lowest BCUT2D eigenvalue weighted by molar-refractivity contribution is -0.114. The van der Waals surface area contributed by atoms with Crippen molar-refractivity contribution >= 4 is 23.1 Å². The Morgan fingerprint density at radius 3 is 2.50 bits per heavy atom. The second-order valence-electron chi connectivity index (χ2n) is 5.30. The van der Waals surface area contributed by atoms with Gasteiger partial charge in [0.15, 0.2) is 0 Å². The normalized spacial score (nSPS) is 10.3. The highest BCUT2D eigenvalue weighted by atomic mass is 16.1. The molecule has 1 aromatic heterocycles. The van der Waals surface area contributed by atoms with Crippen LogP contribution >= 0.6 is 0 Å². The van der Waals surface area contributed by atoms with Gasteiger partial charge in [-0.15, -0.1) is 0 Å². The molecular weight excluding hydrogens is 276 g/mol. The Kier molecular flexibility index (Phi) is 5.47. The molecule has 2 rings (SSSR count). The van der Waals surface area contributed by atoms with Crippen LogP contribution in [0, 0.1) is 6.92 Å². The highest BCUT2D eigenvalue weighted by Gasteiger charge is 2.03. The van der Waals surface area contributed by atoms with Gasteiger partial charge in [0.25, 0.3) is 0 Å². The minimum Gasteiger partial charge on any atom is -0.340 e. The molecule has 1 amide bonds. The van der Waals surface area contributed by atoms with Gasteiger partial charge in [-0.3, -0.25) is 4.79 Å². The fourth-order valence-electron chi connectivity index (χ4n) is 2.13. The highest BCUT2D eigenvalue weighted by Crippen LogP contribution is 2.18. The van der Waals surface area contributed by atoms with Crippen LogP contribution in [0.1, 0.15) is 41.1 Å². The third-order valence-corrected chi connectivity index (χ3v) is 3.13. The summed E-state index contributed by atoms with van der Waals surface area (Å²) in [6.07, 6.45) is 3.12. The van der Waals surface area contributed by atoms with Crippen molar-refractivity contribution in [2.24, 2.45) is 0 Å². The van der Waals surface area contributed by atoms with Crippen LogP contribution in [0.25, 0.3) is 0 Å². The number of rotatable bonds is 6. The van der Waals surface area contributed by atoms with Gasteiger partial charge in [-0.25, -0.2) is 9.97 Å². The molecule has 2 N–H and O–H groups in total. The number of benzene rings is 1. The van der Waals surface area contributed by atoms with Crippen molar-refractivity contribution in [1.82, 2.24) is 9.97 Å². The molecule has 22 heavy (non-hydrogen) atoms. The van der Waals surface area contributed by atoms with E-state index in [9.17, 15) is 4.79 Å². The smallest absolute Gasteiger partial charge is 0.221 e. The predicted molar refractivity (Wildman–Crippen MR) is 93.6 cm³/mol. The maximum Gasteiger partial charge on any atom is 0.221 e. The molecule has 0 unspecified atom stereocenters. The number of aromatic nitrogens is 2. The van der Waals surface area contributed by atoms with Gasteiger partial charge in [-0.1, -0.05) is 13.3 Å². The lowest BCUT2D eigenvalue weighted by atomic mass is 10.2. The van der Waals surface area contributed by atoms with Crippen molar-refractivity contribution < 1.29 is 7.65 Å². The number of nitrogens with zero attached hydrogens (tertiary/aromatic N) is 2. The fourth-order valence-corrected chi connectivity index (χ4v) is 2.13. The van der Waals surface area contributed by atoms with Crippen molar-refractivity contribution in [3.05, 3.63) is 41.9 Å². The molecule has 0 radical (unpaired) electrons. The zero-order chi connectivity index (χ0) is 15.9. The second kappa shape index (κ2) is 7.54. The van der Waals surface area contributed by atoms with Crippen molar-refractivity contribution in [1.29, 1.82) is 0 Å². The van der Waals surface area contributed by atoms with Crippen LogP contribution in [0.4, 0.5) is 17.2 Å². The monoisotopic (exact) mass is 302 g/mol. The molecule has 0 spiro atoms. The molecular formula is C17H26N4O. The van der Waals surface area contributed by atoms with Crippen LogP contribution in [-0.4, -0.2) is 15.9 Å². The lowest BCUT2D eigenvalue weighted by Gasteiger charge is -2.09. The maximum atomic E-state index is 11.0. The topological polar surface area (TPSA) is 66.9 Å². The zero-order valence-corrected chi connectivity index (χ0v) is 13.3. The molecule has 0 saturated heterocycles. The molecule has 1 aromatic carbocycles. The number of carbonyl (C=O) groups excluding carboxylic acids is 1. The quantitative estimate of drug-likeness (QED) is 0.834. The maximum absolute atomic E-state index is 11.0. The fraction of sp³-hybridized carbons (Fsp3) is 0.353. The number of hydrogen-bond acceptors (Lipinski definition) is 4. The summed E-state index contributed by atoms with van der Waals surface area (Å²) < 4.78 is 0. The largest absolute Gasteiger partial charge is 0.340 e. The Labute approximate surface area is 134 Å². The van der Waals surface area contributed by atoms with Gasteiger partial charge < -0.3 is 10.6 Å². The van der Waals surface area contributed by atoms with Gasteiger partial charge in [0.2, 0.25) is 5.91 Å². The standard InChI is InChI=1S/C17H22N4O.2H2/c1-4-5-6-16-18-12(2)11-17(21-16)20-15-9-7-14(8-10-15)19-13(3)22;;/h7-11H,4-6H2,1-3H3,(H,19,22)(H,18,20,21);2*1H. The molecule has 0 bridgehead atoms. The van der Waals surface area contributed by atoms with Crippen LogP contribution in [0.2, 0.25) is 0 Å². The van der Waals surface area contributed by atoms with E-state index in [0.717, 1.165) is 48.0 Å². The molecule has 5 nitrogen and oxygen atoms in total. The summed E-state index contributed by atoms with van der Waals surface area (Å²) in [5, 5.41) is 6.02. The first-order chi connectivity index (χ1) is 10.6. The van der Waals surface area contributed by atoms with Crippen molar-refractivity contribution in [3.63, 3.8) is 0 Å². The molecule has 5 heteroatoms. The first kappa shape index (κ1) is 15.9. The summed E-state index contributed by atoms with van der Waals surface area (Å²) in [6, 6.07) is 9.46. The Bertz CT molecular complexity index is 648. The van der Waals surface area contributed by atoms with Gasteiger partial charge in [0.1, 0.15) is 11.6 Å². The predicted octanol–water partition coefficient (Wildman–Crippen LogP) is 4.32. The van der Waals surface area contributed by atoms with Gasteiger partial charge in [0, 0.05) is 39.3 Å².